The van der Waals surface area contributed by atoms with E-state index in [2.05, 4.69) is 25.6 Å². The highest BCUT2D eigenvalue weighted by molar-refractivity contribution is 9.10. The van der Waals surface area contributed by atoms with Crippen LogP contribution in [0.1, 0.15) is 10.5 Å². The van der Waals surface area contributed by atoms with E-state index in [4.69, 9.17) is 5.11 Å². The van der Waals surface area contributed by atoms with E-state index in [0.717, 1.165) is 24.4 Å². The van der Waals surface area contributed by atoms with E-state index >= 15 is 0 Å². The number of sulfonamides is 1. The molecule has 0 aliphatic rings. The minimum Gasteiger partial charge on any atom is -0.477 e. The Bertz CT molecular complexity index is 811. The SMILES string of the molecule is O=C(O)c1cc(NS(=O)(=O)c2ccc(Br)cc2F)ccn1. The van der Waals surface area contributed by atoms with Crippen LogP contribution in [0.25, 0.3) is 0 Å². The molecular weight excluding hydrogens is 367 g/mol. The van der Waals surface area contributed by atoms with Crippen molar-refractivity contribution in [2.75, 3.05) is 4.72 Å². The van der Waals surface area contributed by atoms with Crippen molar-refractivity contribution in [2.45, 2.75) is 4.90 Å². The number of pyridine rings is 1. The third kappa shape index (κ3) is 3.56. The van der Waals surface area contributed by atoms with Gasteiger partial charge in [0, 0.05) is 10.7 Å². The molecule has 0 aliphatic carbocycles. The Labute approximate surface area is 127 Å². The molecule has 0 saturated heterocycles. The van der Waals surface area contributed by atoms with E-state index in [0.29, 0.717) is 4.47 Å². The maximum atomic E-state index is 13.7. The Morgan fingerprint density at radius 1 is 1.29 bits per heavy atom. The van der Waals surface area contributed by atoms with Gasteiger partial charge < -0.3 is 5.11 Å². The van der Waals surface area contributed by atoms with Crippen molar-refractivity contribution in [2.24, 2.45) is 0 Å². The van der Waals surface area contributed by atoms with Crippen molar-refractivity contribution in [3.63, 3.8) is 0 Å². The fraction of sp³-hybridized carbons (Fsp3) is 0. The summed E-state index contributed by atoms with van der Waals surface area (Å²) in [6, 6.07) is 5.80. The standard InChI is InChI=1S/C12H8BrFN2O4S/c13-7-1-2-11(9(14)5-7)21(19,20)16-8-3-4-15-10(6-8)12(17)18/h1-6H,(H,15,16)(H,17,18). The van der Waals surface area contributed by atoms with Crippen molar-refractivity contribution in [1.29, 1.82) is 0 Å². The molecule has 2 aromatic rings. The predicted octanol–water partition coefficient (Wildman–Crippen LogP) is 2.48. The highest BCUT2D eigenvalue weighted by Gasteiger charge is 2.20. The van der Waals surface area contributed by atoms with Gasteiger partial charge >= 0.3 is 5.97 Å². The van der Waals surface area contributed by atoms with Crippen LogP contribution in [0.15, 0.2) is 45.9 Å². The number of aromatic carboxylic acids is 1. The smallest absolute Gasteiger partial charge is 0.354 e. The van der Waals surface area contributed by atoms with Gasteiger partial charge in [0.1, 0.15) is 16.4 Å². The fourth-order valence-electron chi connectivity index (χ4n) is 1.51. The molecule has 0 saturated carbocycles. The molecule has 0 amide bonds. The van der Waals surface area contributed by atoms with E-state index in [1.54, 1.807) is 0 Å². The van der Waals surface area contributed by atoms with E-state index < -0.39 is 26.7 Å². The average molecular weight is 375 g/mol. The number of anilines is 1. The largest absolute Gasteiger partial charge is 0.477 e. The normalized spacial score (nSPS) is 11.1. The van der Waals surface area contributed by atoms with Gasteiger partial charge in [-0.05, 0) is 30.3 Å². The van der Waals surface area contributed by atoms with Crippen molar-refractivity contribution in [3.8, 4) is 0 Å². The Balaban J connectivity index is 2.37. The third-order valence-electron chi connectivity index (χ3n) is 2.41. The summed E-state index contributed by atoms with van der Waals surface area (Å²) < 4.78 is 40.4. The lowest BCUT2D eigenvalue weighted by molar-refractivity contribution is 0.0690. The molecule has 110 valence electrons. The van der Waals surface area contributed by atoms with Crippen molar-refractivity contribution < 1.29 is 22.7 Å². The molecular formula is C12H8BrFN2O4S. The predicted molar refractivity (Wildman–Crippen MR) is 76.1 cm³/mol. The van der Waals surface area contributed by atoms with Crippen LogP contribution in [-0.2, 0) is 10.0 Å². The van der Waals surface area contributed by atoms with Crippen LogP contribution in [0.5, 0.6) is 0 Å². The van der Waals surface area contributed by atoms with Crippen molar-refractivity contribution in [1.82, 2.24) is 4.98 Å². The van der Waals surface area contributed by atoms with Crippen molar-refractivity contribution in [3.05, 3.63) is 52.5 Å². The van der Waals surface area contributed by atoms with Gasteiger partial charge in [0.25, 0.3) is 10.0 Å². The first-order valence-electron chi connectivity index (χ1n) is 5.47. The Hall–Kier alpha value is -2.00. The van der Waals surface area contributed by atoms with E-state index in [1.807, 2.05) is 0 Å². The number of hydrogen-bond acceptors (Lipinski definition) is 4. The molecule has 1 aromatic heterocycles. The zero-order chi connectivity index (χ0) is 15.6. The molecule has 2 N–H and O–H groups in total. The van der Waals surface area contributed by atoms with Crippen LogP contribution in [0, 0.1) is 5.82 Å². The topological polar surface area (TPSA) is 96.4 Å². The molecule has 0 bridgehead atoms. The molecule has 21 heavy (non-hydrogen) atoms. The molecule has 1 heterocycles. The average Bonchev–Trinajstić information content (AvgIpc) is 2.37. The number of carboxylic acids is 1. The molecule has 0 atom stereocenters. The second kappa shape index (κ2) is 5.78. The number of benzene rings is 1. The van der Waals surface area contributed by atoms with Gasteiger partial charge in [-0.25, -0.2) is 22.6 Å². The summed E-state index contributed by atoms with van der Waals surface area (Å²) in [6.45, 7) is 0. The first kappa shape index (κ1) is 15.4. The van der Waals surface area contributed by atoms with E-state index in [1.165, 1.54) is 12.1 Å². The lowest BCUT2D eigenvalue weighted by atomic mass is 10.3. The van der Waals surface area contributed by atoms with Crippen LogP contribution in [-0.4, -0.2) is 24.5 Å². The van der Waals surface area contributed by atoms with Crippen LogP contribution in [0.4, 0.5) is 10.1 Å². The Morgan fingerprint density at radius 3 is 2.62 bits per heavy atom. The van der Waals surface area contributed by atoms with E-state index in [-0.39, 0.29) is 11.4 Å². The maximum Gasteiger partial charge on any atom is 0.354 e. The number of hydrogen-bond donors (Lipinski definition) is 2. The number of aromatic nitrogens is 1. The number of carboxylic acid groups (broad SMARTS) is 1. The quantitative estimate of drug-likeness (QED) is 0.856. The van der Waals surface area contributed by atoms with Crippen LogP contribution >= 0.6 is 15.9 Å². The Kier molecular flexibility index (Phi) is 4.24. The summed E-state index contributed by atoms with van der Waals surface area (Å²) in [4.78, 5) is 13.8. The van der Waals surface area contributed by atoms with Crippen molar-refractivity contribution >= 4 is 37.6 Å². The molecule has 9 heteroatoms. The molecule has 0 aliphatic heterocycles. The highest BCUT2D eigenvalue weighted by atomic mass is 79.9. The monoisotopic (exact) mass is 374 g/mol. The third-order valence-corrected chi connectivity index (χ3v) is 4.32. The summed E-state index contributed by atoms with van der Waals surface area (Å²) in [7, 11) is -4.17. The zero-order valence-electron chi connectivity index (χ0n) is 10.2. The number of nitrogens with zero attached hydrogens (tertiary/aromatic N) is 1. The molecule has 6 nitrogen and oxygen atoms in total. The second-order valence-electron chi connectivity index (χ2n) is 3.92. The fourth-order valence-corrected chi connectivity index (χ4v) is 2.96. The summed E-state index contributed by atoms with van der Waals surface area (Å²) in [5.41, 5.74) is -0.351. The summed E-state index contributed by atoms with van der Waals surface area (Å²) >= 11 is 3.03. The maximum absolute atomic E-state index is 13.7. The van der Waals surface area contributed by atoms with Gasteiger partial charge in [-0.1, -0.05) is 15.9 Å². The summed E-state index contributed by atoms with van der Waals surface area (Å²) in [5.74, 6) is -2.23. The van der Waals surface area contributed by atoms with Crippen LogP contribution in [0.3, 0.4) is 0 Å². The minimum absolute atomic E-state index is 0.0234. The molecule has 0 spiro atoms. The summed E-state index contributed by atoms with van der Waals surface area (Å²) in [6.07, 6.45) is 1.14. The molecule has 0 radical (unpaired) electrons. The molecule has 2 rings (SSSR count). The van der Waals surface area contributed by atoms with Gasteiger partial charge in [-0.3, -0.25) is 4.72 Å². The first-order valence-corrected chi connectivity index (χ1v) is 7.74. The van der Waals surface area contributed by atoms with Gasteiger partial charge in [-0.15, -0.1) is 0 Å². The number of nitrogens with one attached hydrogen (secondary N) is 1. The highest BCUT2D eigenvalue weighted by Crippen LogP contribution is 2.22. The van der Waals surface area contributed by atoms with Gasteiger partial charge in [0.15, 0.2) is 0 Å². The minimum atomic E-state index is -4.17. The first-order chi connectivity index (χ1) is 9.79. The van der Waals surface area contributed by atoms with E-state index in [9.17, 15) is 17.6 Å². The lowest BCUT2D eigenvalue weighted by Crippen LogP contribution is -2.15. The second-order valence-corrected chi connectivity index (χ2v) is 6.48. The van der Waals surface area contributed by atoms with Gasteiger partial charge in [0.05, 0.1) is 5.69 Å². The number of carbonyl (C=O) groups is 1. The van der Waals surface area contributed by atoms with Crippen LogP contribution < -0.4 is 4.72 Å². The van der Waals surface area contributed by atoms with Crippen LogP contribution in [0.2, 0.25) is 0 Å². The lowest BCUT2D eigenvalue weighted by Gasteiger charge is -2.09. The Morgan fingerprint density at radius 2 is 2.00 bits per heavy atom. The summed E-state index contributed by atoms with van der Waals surface area (Å²) in [5, 5.41) is 8.79. The zero-order valence-corrected chi connectivity index (χ0v) is 12.6. The molecule has 0 fully saturated rings. The van der Waals surface area contributed by atoms with Gasteiger partial charge in [-0.2, -0.15) is 0 Å². The molecule has 1 aromatic carbocycles. The molecule has 0 unspecified atom stereocenters. The number of halogens is 2. The van der Waals surface area contributed by atoms with Gasteiger partial charge in [0.2, 0.25) is 0 Å². The number of rotatable bonds is 4.